The van der Waals surface area contributed by atoms with Crippen molar-refractivity contribution in [2.75, 3.05) is 5.32 Å². The highest BCUT2D eigenvalue weighted by atomic mass is 32.1. The smallest absolute Gasteiger partial charge is 0.307 e. The quantitative estimate of drug-likeness (QED) is 0.531. The number of nitrogens with one attached hydrogen (secondary N) is 1. The first-order valence-electron chi connectivity index (χ1n) is 8.89. The molecule has 0 aliphatic rings. The van der Waals surface area contributed by atoms with E-state index in [0.717, 1.165) is 9.75 Å². The molecule has 2 rings (SSSR count). The maximum atomic E-state index is 12.2. The summed E-state index contributed by atoms with van der Waals surface area (Å²) in [6, 6.07) is 8.32. The molecule has 0 unspecified atom stereocenters. The number of amides is 1. The van der Waals surface area contributed by atoms with E-state index in [2.05, 4.69) is 5.32 Å². The van der Waals surface area contributed by atoms with Crippen LogP contribution in [-0.2, 0) is 14.3 Å². The first kappa shape index (κ1) is 21.5. The highest BCUT2D eigenvalue weighted by molar-refractivity contribution is 7.12. The lowest BCUT2D eigenvalue weighted by molar-refractivity contribution is -0.153. The fourth-order valence-corrected chi connectivity index (χ4v) is 3.57. The third-order valence-corrected chi connectivity index (χ3v) is 5.08. The molecule has 0 spiro atoms. The Balaban J connectivity index is 1.85. The first-order chi connectivity index (χ1) is 13.2. The van der Waals surface area contributed by atoms with Gasteiger partial charge in [-0.2, -0.15) is 0 Å². The number of carbonyl (C=O) groups is 4. The Bertz CT molecular complexity index is 915. The number of thiophene rings is 1. The molecule has 28 heavy (non-hydrogen) atoms. The summed E-state index contributed by atoms with van der Waals surface area (Å²) in [5.74, 6) is -1.35. The van der Waals surface area contributed by atoms with Gasteiger partial charge in [0.1, 0.15) is 0 Å². The van der Waals surface area contributed by atoms with Gasteiger partial charge in [0.15, 0.2) is 17.7 Å². The molecule has 2 aromatic rings. The van der Waals surface area contributed by atoms with E-state index in [0.29, 0.717) is 16.8 Å². The number of esters is 1. The van der Waals surface area contributed by atoms with Gasteiger partial charge in [-0.15, -0.1) is 11.3 Å². The van der Waals surface area contributed by atoms with Gasteiger partial charge in [0, 0.05) is 33.0 Å². The molecular formula is C21H23NO5S. The van der Waals surface area contributed by atoms with Crippen molar-refractivity contribution in [3.8, 4) is 0 Å². The van der Waals surface area contributed by atoms with Crippen molar-refractivity contribution < 1.29 is 23.9 Å². The summed E-state index contributed by atoms with van der Waals surface area (Å²) in [6.07, 6.45) is -1.08. The number of rotatable bonds is 8. The molecule has 1 aromatic heterocycles. The van der Waals surface area contributed by atoms with E-state index in [1.807, 2.05) is 19.9 Å². The van der Waals surface area contributed by atoms with Gasteiger partial charge < -0.3 is 10.1 Å². The second-order valence-corrected chi connectivity index (χ2v) is 7.97. The van der Waals surface area contributed by atoms with Crippen LogP contribution in [0.15, 0.2) is 30.3 Å². The fraction of sp³-hybridized carbons (Fsp3) is 0.333. The van der Waals surface area contributed by atoms with E-state index in [1.54, 1.807) is 24.3 Å². The molecule has 0 fully saturated rings. The van der Waals surface area contributed by atoms with Crippen LogP contribution in [0.1, 0.15) is 57.2 Å². The Morgan fingerprint density at radius 2 is 1.82 bits per heavy atom. The SMILES string of the molecule is CC(=O)c1cccc(NC(=O)[C@H](C)OC(=O)CCC(=O)c2cc(C)sc2C)c1. The van der Waals surface area contributed by atoms with E-state index in [1.165, 1.54) is 25.2 Å². The Hall–Kier alpha value is -2.80. The number of ether oxygens (including phenoxy) is 1. The number of Topliss-reactive ketones (excluding diaryl/α,β-unsaturated/α-hetero) is 2. The molecule has 7 heteroatoms. The molecule has 1 atom stereocenters. The summed E-state index contributed by atoms with van der Waals surface area (Å²) < 4.78 is 5.12. The normalized spacial score (nSPS) is 11.6. The minimum absolute atomic E-state index is 0.0326. The molecule has 0 aliphatic heterocycles. The summed E-state index contributed by atoms with van der Waals surface area (Å²) in [7, 11) is 0. The van der Waals surface area contributed by atoms with Gasteiger partial charge in [-0.05, 0) is 45.9 Å². The van der Waals surface area contributed by atoms with E-state index < -0.39 is 18.0 Å². The lowest BCUT2D eigenvalue weighted by Crippen LogP contribution is -2.30. The van der Waals surface area contributed by atoms with E-state index in [4.69, 9.17) is 4.74 Å². The van der Waals surface area contributed by atoms with Crippen LogP contribution in [0.5, 0.6) is 0 Å². The largest absolute Gasteiger partial charge is 0.453 e. The highest BCUT2D eigenvalue weighted by Gasteiger charge is 2.20. The van der Waals surface area contributed by atoms with Gasteiger partial charge in [-0.25, -0.2) is 0 Å². The molecule has 0 saturated carbocycles. The lowest BCUT2D eigenvalue weighted by atomic mass is 10.1. The minimum Gasteiger partial charge on any atom is -0.453 e. The van der Waals surface area contributed by atoms with E-state index >= 15 is 0 Å². The average Bonchev–Trinajstić information content (AvgIpc) is 2.98. The summed E-state index contributed by atoms with van der Waals surface area (Å²) in [5, 5.41) is 2.61. The van der Waals surface area contributed by atoms with Crippen molar-refractivity contribution in [1.82, 2.24) is 0 Å². The third-order valence-electron chi connectivity index (χ3n) is 4.11. The van der Waals surface area contributed by atoms with Crippen LogP contribution in [0.25, 0.3) is 0 Å². The number of hydrogen-bond acceptors (Lipinski definition) is 6. The Labute approximate surface area is 167 Å². The van der Waals surface area contributed by atoms with Crippen molar-refractivity contribution in [2.45, 2.75) is 46.6 Å². The van der Waals surface area contributed by atoms with Gasteiger partial charge in [0.05, 0.1) is 6.42 Å². The summed E-state index contributed by atoms with van der Waals surface area (Å²) in [6.45, 7) is 6.69. The van der Waals surface area contributed by atoms with E-state index in [9.17, 15) is 19.2 Å². The van der Waals surface area contributed by atoms with Gasteiger partial charge in [0.2, 0.25) is 0 Å². The first-order valence-corrected chi connectivity index (χ1v) is 9.70. The number of anilines is 1. The van der Waals surface area contributed by atoms with Crippen molar-refractivity contribution >= 4 is 40.5 Å². The number of carbonyl (C=O) groups excluding carboxylic acids is 4. The monoisotopic (exact) mass is 401 g/mol. The zero-order valence-corrected chi connectivity index (χ0v) is 17.1. The molecule has 1 amide bonds. The van der Waals surface area contributed by atoms with Crippen LogP contribution in [0.4, 0.5) is 5.69 Å². The predicted molar refractivity (Wildman–Crippen MR) is 108 cm³/mol. The lowest BCUT2D eigenvalue weighted by Gasteiger charge is -2.14. The highest BCUT2D eigenvalue weighted by Crippen LogP contribution is 2.22. The topological polar surface area (TPSA) is 89.5 Å². The fourth-order valence-electron chi connectivity index (χ4n) is 2.63. The molecular weight excluding hydrogens is 378 g/mol. The van der Waals surface area contributed by atoms with Crippen LogP contribution >= 0.6 is 11.3 Å². The molecule has 6 nitrogen and oxygen atoms in total. The molecule has 0 saturated heterocycles. The molecule has 1 aromatic carbocycles. The van der Waals surface area contributed by atoms with Crippen molar-refractivity contribution in [3.05, 3.63) is 51.2 Å². The van der Waals surface area contributed by atoms with Crippen molar-refractivity contribution in [3.63, 3.8) is 0 Å². The molecule has 0 bridgehead atoms. The molecule has 148 valence electrons. The zero-order valence-electron chi connectivity index (χ0n) is 16.3. The maximum absolute atomic E-state index is 12.2. The second-order valence-electron chi connectivity index (χ2n) is 6.51. The van der Waals surface area contributed by atoms with Gasteiger partial charge in [-0.3, -0.25) is 19.2 Å². The minimum atomic E-state index is -1.02. The Morgan fingerprint density at radius 3 is 2.43 bits per heavy atom. The van der Waals surface area contributed by atoms with Crippen LogP contribution in [0, 0.1) is 13.8 Å². The summed E-state index contributed by atoms with van der Waals surface area (Å²) >= 11 is 1.54. The molecule has 1 heterocycles. The average molecular weight is 401 g/mol. The van der Waals surface area contributed by atoms with Crippen LogP contribution in [0.2, 0.25) is 0 Å². The van der Waals surface area contributed by atoms with Gasteiger partial charge in [0.25, 0.3) is 5.91 Å². The standard InChI is InChI=1S/C21H23NO5S/c1-12-10-18(15(4)28-12)19(24)8-9-20(25)27-14(3)21(26)22-17-7-5-6-16(11-17)13(2)23/h5-7,10-11,14H,8-9H2,1-4H3,(H,22,26)/t14-/m0/s1. The number of ketones is 2. The maximum Gasteiger partial charge on any atom is 0.307 e. The molecule has 1 N–H and O–H groups in total. The summed E-state index contributed by atoms with van der Waals surface area (Å²) in [4.78, 5) is 49.8. The van der Waals surface area contributed by atoms with Gasteiger partial charge in [-0.1, -0.05) is 12.1 Å². The van der Waals surface area contributed by atoms with Crippen LogP contribution in [0.3, 0.4) is 0 Å². The number of aryl methyl sites for hydroxylation is 2. The van der Waals surface area contributed by atoms with Crippen LogP contribution < -0.4 is 5.32 Å². The van der Waals surface area contributed by atoms with Crippen molar-refractivity contribution in [1.29, 1.82) is 0 Å². The predicted octanol–water partition coefficient (Wildman–Crippen LogP) is 4.10. The zero-order chi connectivity index (χ0) is 20.8. The summed E-state index contributed by atoms with van der Waals surface area (Å²) in [5.41, 5.74) is 1.55. The third kappa shape index (κ3) is 5.85. The molecule has 0 radical (unpaired) electrons. The number of benzene rings is 1. The second kappa shape index (κ2) is 9.41. The van der Waals surface area contributed by atoms with E-state index in [-0.39, 0.29) is 24.4 Å². The number of hydrogen-bond donors (Lipinski definition) is 1. The van der Waals surface area contributed by atoms with Crippen molar-refractivity contribution in [2.24, 2.45) is 0 Å². The Kier molecular flexibility index (Phi) is 7.23. The Morgan fingerprint density at radius 1 is 1.11 bits per heavy atom. The van der Waals surface area contributed by atoms with Gasteiger partial charge >= 0.3 is 5.97 Å². The molecule has 0 aliphatic carbocycles. The van der Waals surface area contributed by atoms with Crippen LogP contribution in [-0.4, -0.2) is 29.5 Å².